The van der Waals surface area contributed by atoms with Crippen molar-refractivity contribution in [2.24, 2.45) is 11.8 Å². The summed E-state index contributed by atoms with van der Waals surface area (Å²) in [4.78, 5) is 17.6. The summed E-state index contributed by atoms with van der Waals surface area (Å²) >= 11 is 0. The molecule has 2 aliphatic rings. The molecule has 20 heavy (non-hydrogen) atoms. The molecule has 0 amide bonds. The van der Waals surface area contributed by atoms with E-state index in [1.54, 1.807) is 12.3 Å². The fraction of sp³-hybridized carbons (Fsp3) is 0.533. The maximum Gasteiger partial charge on any atom is 0.321 e. The highest BCUT2D eigenvalue weighted by atomic mass is 16.4. The van der Waals surface area contributed by atoms with Gasteiger partial charge in [0.1, 0.15) is 17.8 Å². The maximum absolute atomic E-state index is 11.6. The average Bonchev–Trinajstić information content (AvgIpc) is 2.98. The molecule has 2 heterocycles. The Labute approximate surface area is 117 Å². The summed E-state index contributed by atoms with van der Waals surface area (Å²) in [6, 6.07) is 5.24. The number of fused-ring (bicyclic) bond motifs is 1. The number of nitriles is 1. The molecule has 3 rings (SSSR count). The van der Waals surface area contributed by atoms with Crippen LogP contribution in [-0.4, -0.2) is 33.5 Å². The van der Waals surface area contributed by atoms with Gasteiger partial charge >= 0.3 is 5.97 Å². The molecule has 1 aliphatic heterocycles. The van der Waals surface area contributed by atoms with E-state index < -0.39 is 5.97 Å². The van der Waals surface area contributed by atoms with Crippen molar-refractivity contribution in [1.82, 2.24) is 9.88 Å². The molecule has 1 saturated carbocycles. The van der Waals surface area contributed by atoms with E-state index in [2.05, 4.69) is 4.98 Å². The van der Waals surface area contributed by atoms with Crippen LogP contribution in [0, 0.1) is 23.2 Å². The van der Waals surface area contributed by atoms with Crippen molar-refractivity contribution in [2.45, 2.75) is 31.8 Å². The van der Waals surface area contributed by atoms with E-state index in [4.69, 9.17) is 5.26 Å². The van der Waals surface area contributed by atoms with E-state index in [0.29, 0.717) is 24.1 Å². The third-order valence-corrected chi connectivity index (χ3v) is 4.56. The standard InChI is InChI=1S/C15H17N3O2/c16-7-12-6-10(4-5-17-12)8-18-9-11-2-1-3-13(11)14(18)15(19)20/h4-6,11,13-14H,1-3,8-9H2,(H,19,20). The monoisotopic (exact) mass is 271 g/mol. The van der Waals surface area contributed by atoms with Gasteiger partial charge in [-0.15, -0.1) is 0 Å². The molecule has 3 atom stereocenters. The molecule has 104 valence electrons. The lowest BCUT2D eigenvalue weighted by atomic mass is 9.94. The predicted octanol–water partition coefficient (Wildman–Crippen LogP) is 1.64. The molecule has 2 fully saturated rings. The Hall–Kier alpha value is -1.93. The van der Waals surface area contributed by atoms with Gasteiger partial charge < -0.3 is 5.11 Å². The van der Waals surface area contributed by atoms with Crippen LogP contribution in [0.15, 0.2) is 18.3 Å². The van der Waals surface area contributed by atoms with Crippen molar-refractivity contribution in [3.63, 3.8) is 0 Å². The number of hydrogen-bond acceptors (Lipinski definition) is 4. The van der Waals surface area contributed by atoms with Gasteiger partial charge in [-0.3, -0.25) is 9.69 Å². The number of aliphatic carboxylic acids is 1. The van der Waals surface area contributed by atoms with E-state index in [-0.39, 0.29) is 6.04 Å². The van der Waals surface area contributed by atoms with Gasteiger partial charge in [0.2, 0.25) is 0 Å². The molecule has 1 saturated heterocycles. The van der Waals surface area contributed by atoms with Crippen LogP contribution in [0.1, 0.15) is 30.5 Å². The quantitative estimate of drug-likeness (QED) is 0.904. The van der Waals surface area contributed by atoms with Gasteiger partial charge in [0.05, 0.1) is 0 Å². The van der Waals surface area contributed by atoms with Gasteiger partial charge in [-0.2, -0.15) is 5.26 Å². The second-order valence-corrected chi connectivity index (χ2v) is 5.73. The molecular weight excluding hydrogens is 254 g/mol. The number of carboxylic acids is 1. The lowest BCUT2D eigenvalue weighted by Crippen LogP contribution is -2.39. The molecule has 1 N–H and O–H groups in total. The molecule has 1 aliphatic carbocycles. The number of carbonyl (C=O) groups is 1. The van der Waals surface area contributed by atoms with Crippen LogP contribution >= 0.6 is 0 Å². The first-order valence-corrected chi connectivity index (χ1v) is 7.01. The summed E-state index contributed by atoms with van der Waals surface area (Å²) in [5.74, 6) is 0.104. The van der Waals surface area contributed by atoms with Gasteiger partial charge in [-0.25, -0.2) is 4.98 Å². The van der Waals surface area contributed by atoms with Crippen molar-refractivity contribution in [3.8, 4) is 6.07 Å². The highest BCUT2D eigenvalue weighted by molar-refractivity contribution is 5.74. The SMILES string of the molecule is N#Cc1cc(CN2CC3CCCC3C2C(=O)O)ccn1. The van der Waals surface area contributed by atoms with Crippen LogP contribution in [0.25, 0.3) is 0 Å². The Bertz CT molecular complexity index is 566. The molecule has 1 aromatic rings. The zero-order valence-electron chi connectivity index (χ0n) is 11.2. The summed E-state index contributed by atoms with van der Waals surface area (Å²) in [5.41, 5.74) is 1.34. The van der Waals surface area contributed by atoms with Crippen LogP contribution in [0.4, 0.5) is 0 Å². The third kappa shape index (κ3) is 2.27. The number of aromatic nitrogens is 1. The second kappa shape index (κ2) is 5.22. The van der Waals surface area contributed by atoms with Crippen LogP contribution in [0.2, 0.25) is 0 Å². The van der Waals surface area contributed by atoms with E-state index in [1.807, 2.05) is 17.0 Å². The summed E-state index contributed by atoms with van der Waals surface area (Å²) in [6.45, 7) is 1.44. The van der Waals surface area contributed by atoms with Crippen molar-refractivity contribution < 1.29 is 9.90 Å². The number of nitrogens with zero attached hydrogens (tertiary/aromatic N) is 3. The first-order valence-electron chi connectivity index (χ1n) is 7.01. The van der Waals surface area contributed by atoms with Crippen LogP contribution in [0.5, 0.6) is 0 Å². The fourth-order valence-corrected chi connectivity index (χ4v) is 3.76. The summed E-state index contributed by atoms with van der Waals surface area (Å²) in [5, 5.41) is 18.4. The van der Waals surface area contributed by atoms with Crippen molar-refractivity contribution >= 4 is 5.97 Å². The molecular formula is C15H17N3O2. The smallest absolute Gasteiger partial charge is 0.321 e. The topological polar surface area (TPSA) is 77.2 Å². The lowest BCUT2D eigenvalue weighted by Gasteiger charge is -2.24. The second-order valence-electron chi connectivity index (χ2n) is 5.73. The largest absolute Gasteiger partial charge is 0.480 e. The molecule has 0 radical (unpaired) electrons. The van der Waals surface area contributed by atoms with E-state index in [0.717, 1.165) is 31.4 Å². The maximum atomic E-state index is 11.6. The highest BCUT2D eigenvalue weighted by Gasteiger charge is 2.47. The molecule has 0 spiro atoms. The van der Waals surface area contributed by atoms with Crippen LogP contribution in [0.3, 0.4) is 0 Å². The average molecular weight is 271 g/mol. The Morgan fingerprint density at radius 3 is 3.15 bits per heavy atom. The molecule has 5 nitrogen and oxygen atoms in total. The van der Waals surface area contributed by atoms with Gasteiger partial charge in [-0.1, -0.05) is 6.42 Å². The number of carboxylic acid groups (broad SMARTS) is 1. The van der Waals surface area contributed by atoms with Crippen molar-refractivity contribution in [2.75, 3.05) is 6.54 Å². The number of rotatable bonds is 3. The summed E-state index contributed by atoms with van der Waals surface area (Å²) in [7, 11) is 0. The normalized spacial score (nSPS) is 29.1. The van der Waals surface area contributed by atoms with Crippen molar-refractivity contribution in [3.05, 3.63) is 29.6 Å². The number of hydrogen-bond donors (Lipinski definition) is 1. The van der Waals surface area contributed by atoms with Gasteiger partial charge in [0.15, 0.2) is 0 Å². The van der Waals surface area contributed by atoms with Crippen LogP contribution in [-0.2, 0) is 11.3 Å². The zero-order chi connectivity index (χ0) is 14.1. The zero-order valence-corrected chi connectivity index (χ0v) is 11.2. The van der Waals surface area contributed by atoms with Gasteiger partial charge in [-0.05, 0) is 42.4 Å². The first-order chi connectivity index (χ1) is 9.69. The van der Waals surface area contributed by atoms with Crippen LogP contribution < -0.4 is 0 Å². The molecule has 0 aromatic carbocycles. The molecule has 5 heteroatoms. The van der Waals surface area contributed by atoms with E-state index >= 15 is 0 Å². The third-order valence-electron chi connectivity index (χ3n) is 4.56. The molecule has 0 bridgehead atoms. The molecule has 3 unspecified atom stereocenters. The Morgan fingerprint density at radius 2 is 2.40 bits per heavy atom. The summed E-state index contributed by atoms with van der Waals surface area (Å²) < 4.78 is 0. The highest BCUT2D eigenvalue weighted by Crippen LogP contribution is 2.42. The van der Waals surface area contributed by atoms with Gasteiger partial charge in [0, 0.05) is 19.3 Å². The first kappa shape index (κ1) is 13.1. The predicted molar refractivity (Wildman–Crippen MR) is 71.6 cm³/mol. The number of likely N-dealkylation sites (tertiary alicyclic amines) is 1. The van der Waals surface area contributed by atoms with E-state index in [9.17, 15) is 9.90 Å². The van der Waals surface area contributed by atoms with E-state index in [1.165, 1.54) is 0 Å². The minimum Gasteiger partial charge on any atom is -0.480 e. The lowest BCUT2D eigenvalue weighted by molar-refractivity contribution is -0.143. The number of pyridine rings is 1. The minimum atomic E-state index is -0.714. The minimum absolute atomic E-state index is 0.296. The Morgan fingerprint density at radius 1 is 1.55 bits per heavy atom. The summed E-state index contributed by atoms with van der Waals surface area (Å²) in [6.07, 6.45) is 4.93. The Balaban J connectivity index is 1.79. The fourth-order valence-electron chi connectivity index (χ4n) is 3.76. The van der Waals surface area contributed by atoms with Crippen molar-refractivity contribution in [1.29, 1.82) is 5.26 Å². The van der Waals surface area contributed by atoms with Gasteiger partial charge in [0.25, 0.3) is 0 Å². The molecule has 1 aromatic heterocycles. The Kier molecular flexibility index (Phi) is 3.41.